The van der Waals surface area contributed by atoms with Gasteiger partial charge in [0, 0.05) is 49.3 Å². The lowest BCUT2D eigenvalue weighted by Crippen LogP contribution is -2.47. The molecule has 1 N–H and O–H groups in total. The van der Waals surface area contributed by atoms with E-state index in [1.54, 1.807) is 24.3 Å². The Morgan fingerprint density at radius 1 is 1.06 bits per heavy atom. The number of esters is 1. The highest BCUT2D eigenvalue weighted by atomic mass is 16.5. The van der Waals surface area contributed by atoms with E-state index in [-0.39, 0.29) is 46.0 Å². The van der Waals surface area contributed by atoms with Crippen molar-refractivity contribution in [3.05, 3.63) is 58.5 Å². The van der Waals surface area contributed by atoms with Crippen LogP contribution in [-0.2, 0) is 9.53 Å². The van der Waals surface area contributed by atoms with Crippen LogP contribution in [0.4, 0.5) is 0 Å². The predicted octanol–water partition coefficient (Wildman–Crippen LogP) is 2.10. The van der Waals surface area contributed by atoms with Crippen molar-refractivity contribution in [2.24, 2.45) is 5.41 Å². The fourth-order valence-corrected chi connectivity index (χ4v) is 4.08. The van der Waals surface area contributed by atoms with Crippen LogP contribution in [0, 0.1) is 5.41 Å². The van der Waals surface area contributed by atoms with Crippen molar-refractivity contribution in [2.45, 2.75) is 20.3 Å². The molecule has 8 heteroatoms. The molecule has 1 saturated heterocycles. The molecule has 1 aromatic carbocycles. The van der Waals surface area contributed by atoms with E-state index < -0.39 is 24.0 Å². The maximum absolute atomic E-state index is 12.7. The number of carbonyl (C=O) groups is 4. The Kier molecular flexibility index (Phi) is 6.08. The number of nitrogens with one attached hydrogen (secondary N) is 1. The third-order valence-electron chi connectivity index (χ3n) is 5.66. The molecule has 0 spiro atoms. The van der Waals surface area contributed by atoms with Crippen LogP contribution in [0.15, 0.2) is 34.7 Å². The van der Waals surface area contributed by atoms with Gasteiger partial charge in [-0.2, -0.15) is 0 Å². The minimum Gasteiger partial charge on any atom is -0.465 e. The quantitative estimate of drug-likeness (QED) is 0.340. The number of benzene rings is 1. The van der Waals surface area contributed by atoms with E-state index in [1.807, 2.05) is 13.8 Å². The van der Waals surface area contributed by atoms with Gasteiger partial charge in [-0.05, 0) is 6.07 Å². The van der Waals surface area contributed by atoms with Crippen LogP contribution >= 0.6 is 0 Å². The standard InChI is InChI=1S/C24H26N2O6/c1-24(2,13-26-9-7-25-8-10-26)14-31-20(28)12-18(27)19-11-17-21(29)15-5-3-4-6-16(15)22(30)23(17)32-19/h3-6,11,25H,7-10,12-14H2,1-2H3. The number of hydrogen-bond acceptors (Lipinski definition) is 8. The second-order valence-electron chi connectivity index (χ2n) is 9.01. The number of nitrogens with zero attached hydrogens (tertiary/aromatic N) is 1. The highest BCUT2D eigenvalue weighted by Gasteiger charge is 2.35. The lowest BCUT2D eigenvalue weighted by Gasteiger charge is -2.34. The summed E-state index contributed by atoms with van der Waals surface area (Å²) in [6.45, 7) is 8.76. The van der Waals surface area contributed by atoms with E-state index in [0.717, 1.165) is 32.7 Å². The number of ether oxygens (including phenoxy) is 1. The van der Waals surface area contributed by atoms with Crippen LogP contribution < -0.4 is 5.32 Å². The van der Waals surface area contributed by atoms with Gasteiger partial charge in [-0.3, -0.25) is 19.2 Å². The number of fused-ring (bicyclic) bond motifs is 2. The molecule has 0 amide bonds. The lowest BCUT2D eigenvalue weighted by molar-refractivity contribution is -0.146. The molecule has 4 rings (SSSR count). The highest BCUT2D eigenvalue weighted by molar-refractivity contribution is 6.28. The maximum atomic E-state index is 12.7. The first kappa shape index (κ1) is 22.1. The summed E-state index contributed by atoms with van der Waals surface area (Å²) in [7, 11) is 0. The number of hydrogen-bond donors (Lipinski definition) is 1. The first-order chi connectivity index (χ1) is 15.2. The molecule has 2 aliphatic rings. The molecule has 1 aliphatic carbocycles. The second kappa shape index (κ2) is 8.80. The van der Waals surface area contributed by atoms with Crippen LogP contribution in [0.1, 0.15) is 62.9 Å². The predicted molar refractivity (Wildman–Crippen MR) is 115 cm³/mol. The largest absolute Gasteiger partial charge is 0.465 e. The third kappa shape index (κ3) is 4.56. The smallest absolute Gasteiger partial charge is 0.313 e. The van der Waals surface area contributed by atoms with Gasteiger partial charge in [-0.25, -0.2) is 0 Å². The van der Waals surface area contributed by atoms with Gasteiger partial charge >= 0.3 is 5.97 Å². The van der Waals surface area contributed by atoms with E-state index in [0.29, 0.717) is 0 Å². The van der Waals surface area contributed by atoms with Gasteiger partial charge < -0.3 is 19.4 Å². The first-order valence-corrected chi connectivity index (χ1v) is 10.7. The number of piperazine rings is 1. The third-order valence-corrected chi connectivity index (χ3v) is 5.66. The second-order valence-corrected chi connectivity index (χ2v) is 9.01. The SMILES string of the molecule is CC(C)(COC(=O)CC(=O)c1cc2c(o1)C(=O)c1ccccc1C2=O)CN1CCNCC1. The number of ketones is 3. The lowest BCUT2D eigenvalue weighted by atomic mass is 9.88. The van der Waals surface area contributed by atoms with E-state index >= 15 is 0 Å². The van der Waals surface area contributed by atoms with Crippen LogP contribution in [0.25, 0.3) is 0 Å². The van der Waals surface area contributed by atoms with Gasteiger partial charge in [0.15, 0.2) is 17.3 Å². The van der Waals surface area contributed by atoms with Crippen molar-refractivity contribution in [3.8, 4) is 0 Å². The zero-order valence-corrected chi connectivity index (χ0v) is 18.2. The van der Waals surface area contributed by atoms with Crippen molar-refractivity contribution in [1.82, 2.24) is 10.2 Å². The molecule has 0 atom stereocenters. The van der Waals surface area contributed by atoms with Gasteiger partial charge in [-0.15, -0.1) is 0 Å². The Hall–Kier alpha value is -3.10. The Bertz CT molecular complexity index is 1030. The minimum absolute atomic E-state index is 0.0440. The van der Waals surface area contributed by atoms with E-state index in [9.17, 15) is 19.2 Å². The Balaban J connectivity index is 1.37. The summed E-state index contributed by atoms with van der Waals surface area (Å²) in [5, 5.41) is 3.30. The van der Waals surface area contributed by atoms with E-state index in [4.69, 9.17) is 9.15 Å². The van der Waals surface area contributed by atoms with Crippen LogP contribution in [0.3, 0.4) is 0 Å². The van der Waals surface area contributed by atoms with Gasteiger partial charge in [0.25, 0.3) is 0 Å². The van der Waals surface area contributed by atoms with Gasteiger partial charge in [-0.1, -0.05) is 38.1 Å². The molecule has 1 fully saturated rings. The molecule has 2 aromatic rings. The molecule has 1 aromatic heterocycles. The van der Waals surface area contributed by atoms with Crippen LogP contribution in [-0.4, -0.2) is 67.5 Å². The molecular formula is C24H26N2O6. The first-order valence-electron chi connectivity index (χ1n) is 10.7. The Labute approximate surface area is 185 Å². The summed E-state index contributed by atoms with van der Waals surface area (Å²) in [5.41, 5.74) is 0.299. The number of furan rings is 1. The fraction of sp³-hybridized carbons (Fsp3) is 0.417. The van der Waals surface area contributed by atoms with Gasteiger partial charge in [0.05, 0.1) is 12.2 Å². The monoisotopic (exact) mass is 438 g/mol. The summed E-state index contributed by atoms with van der Waals surface area (Å²) in [5.74, 6) is -2.49. The van der Waals surface area contributed by atoms with Crippen molar-refractivity contribution >= 4 is 23.3 Å². The molecule has 168 valence electrons. The van der Waals surface area contributed by atoms with E-state index in [1.165, 1.54) is 6.07 Å². The molecule has 2 heterocycles. The molecule has 1 aliphatic heterocycles. The average Bonchev–Trinajstić information content (AvgIpc) is 3.23. The number of carbonyl (C=O) groups excluding carboxylic acids is 4. The molecule has 0 unspecified atom stereocenters. The molecule has 8 nitrogen and oxygen atoms in total. The van der Waals surface area contributed by atoms with Crippen molar-refractivity contribution in [2.75, 3.05) is 39.3 Å². The maximum Gasteiger partial charge on any atom is 0.313 e. The fourth-order valence-electron chi connectivity index (χ4n) is 4.08. The normalized spacial score (nSPS) is 16.4. The number of rotatable bonds is 7. The summed E-state index contributed by atoms with van der Waals surface area (Å²) < 4.78 is 10.8. The van der Waals surface area contributed by atoms with E-state index in [2.05, 4.69) is 10.2 Å². The summed E-state index contributed by atoms with van der Waals surface area (Å²) >= 11 is 0. The summed E-state index contributed by atoms with van der Waals surface area (Å²) in [4.78, 5) is 52.5. The summed E-state index contributed by atoms with van der Waals surface area (Å²) in [6, 6.07) is 7.68. The Morgan fingerprint density at radius 3 is 2.41 bits per heavy atom. The molecule has 0 radical (unpaired) electrons. The van der Waals surface area contributed by atoms with Gasteiger partial charge in [0.2, 0.25) is 11.6 Å². The zero-order valence-electron chi connectivity index (χ0n) is 18.2. The highest BCUT2D eigenvalue weighted by Crippen LogP contribution is 2.30. The minimum atomic E-state index is -0.668. The zero-order chi connectivity index (χ0) is 22.9. The van der Waals surface area contributed by atoms with Crippen molar-refractivity contribution in [3.63, 3.8) is 0 Å². The molecule has 32 heavy (non-hydrogen) atoms. The van der Waals surface area contributed by atoms with Crippen molar-refractivity contribution in [1.29, 1.82) is 0 Å². The molecule has 0 saturated carbocycles. The number of Topliss-reactive ketones (excluding diaryl/α,β-unsaturated/α-hetero) is 1. The summed E-state index contributed by atoms with van der Waals surface area (Å²) in [6.07, 6.45) is -0.522. The van der Waals surface area contributed by atoms with Crippen LogP contribution in [0.5, 0.6) is 0 Å². The van der Waals surface area contributed by atoms with Crippen LogP contribution in [0.2, 0.25) is 0 Å². The molecular weight excluding hydrogens is 412 g/mol. The topological polar surface area (TPSA) is 106 Å². The van der Waals surface area contributed by atoms with Crippen molar-refractivity contribution < 1.29 is 28.3 Å². The molecule has 0 bridgehead atoms. The van der Waals surface area contributed by atoms with Gasteiger partial charge in [0.1, 0.15) is 6.42 Å². The average molecular weight is 438 g/mol. The Morgan fingerprint density at radius 2 is 1.72 bits per heavy atom.